The number of aromatic nitrogens is 2. The van der Waals surface area contributed by atoms with Gasteiger partial charge in [-0.25, -0.2) is 4.98 Å². The lowest BCUT2D eigenvalue weighted by Crippen LogP contribution is -2.26. The Balaban J connectivity index is 1.33. The molecule has 2 heterocycles. The second-order valence-corrected chi connectivity index (χ2v) is 6.80. The molecular formula is C22H26N4O2. The van der Waals surface area contributed by atoms with Gasteiger partial charge >= 0.3 is 0 Å². The number of carbonyl (C=O) groups is 2. The minimum absolute atomic E-state index is 0.0641. The molecule has 2 N–H and O–H groups in total. The normalized spacial score (nSPS) is 10.8. The number of rotatable bonds is 9. The maximum Gasteiger partial charge on any atom is 0.270 e. The molecular weight excluding hydrogens is 352 g/mol. The van der Waals surface area contributed by atoms with Gasteiger partial charge in [0.2, 0.25) is 5.91 Å². The highest BCUT2D eigenvalue weighted by Gasteiger charge is 2.15. The summed E-state index contributed by atoms with van der Waals surface area (Å²) in [6.07, 6.45) is 4.90. The Bertz CT molecular complexity index is 934. The minimum atomic E-state index is -0.114. The molecule has 3 aromatic rings. The van der Waals surface area contributed by atoms with Crippen molar-refractivity contribution in [3.8, 4) is 0 Å². The Morgan fingerprint density at radius 1 is 0.964 bits per heavy atom. The average Bonchev–Trinajstić information content (AvgIpc) is 3.05. The van der Waals surface area contributed by atoms with E-state index in [0.29, 0.717) is 25.2 Å². The van der Waals surface area contributed by atoms with Crippen LogP contribution in [0.2, 0.25) is 0 Å². The zero-order valence-corrected chi connectivity index (χ0v) is 16.1. The first-order chi connectivity index (χ1) is 13.6. The third kappa shape index (κ3) is 5.19. The maximum absolute atomic E-state index is 12.5. The van der Waals surface area contributed by atoms with Crippen LogP contribution < -0.4 is 10.6 Å². The summed E-state index contributed by atoms with van der Waals surface area (Å²) in [5.74, 6) is -0.0500. The predicted molar refractivity (Wildman–Crippen MR) is 109 cm³/mol. The quantitative estimate of drug-likeness (QED) is 0.561. The molecule has 2 aromatic heterocycles. The lowest BCUT2D eigenvalue weighted by atomic mass is 10.1. The SMILES string of the molecule is Cc1nc2ccccn2c1C(=O)NCCCCCC(=O)NCc1ccccc1. The highest BCUT2D eigenvalue weighted by molar-refractivity contribution is 5.94. The summed E-state index contributed by atoms with van der Waals surface area (Å²) >= 11 is 0. The van der Waals surface area contributed by atoms with Crippen LogP contribution in [0, 0.1) is 6.92 Å². The van der Waals surface area contributed by atoms with Crippen LogP contribution in [0.5, 0.6) is 0 Å². The van der Waals surface area contributed by atoms with Crippen molar-refractivity contribution in [3.63, 3.8) is 0 Å². The number of unbranched alkanes of at least 4 members (excludes halogenated alkanes) is 2. The van der Waals surface area contributed by atoms with Gasteiger partial charge in [-0.05, 0) is 37.5 Å². The van der Waals surface area contributed by atoms with E-state index in [1.165, 1.54) is 0 Å². The topological polar surface area (TPSA) is 75.5 Å². The Morgan fingerprint density at radius 3 is 2.57 bits per heavy atom. The van der Waals surface area contributed by atoms with Crippen LogP contribution in [-0.2, 0) is 11.3 Å². The van der Waals surface area contributed by atoms with Crippen molar-refractivity contribution in [2.24, 2.45) is 0 Å². The van der Waals surface area contributed by atoms with Crippen molar-refractivity contribution in [2.45, 2.75) is 39.2 Å². The number of aryl methyl sites for hydroxylation is 1. The van der Waals surface area contributed by atoms with Crippen LogP contribution in [-0.4, -0.2) is 27.7 Å². The van der Waals surface area contributed by atoms with Crippen LogP contribution in [0.1, 0.15) is 47.4 Å². The summed E-state index contributed by atoms with van der Waals surface area (Å²) in [4.78, 5) is 28.8. The summed E-state index contributed by atoms with van der Waals surface area (Å²) in [6, 6.07) is 15.5. The first-order valence-corrected chi connectivity index (χ1v) is 9.67. The number of nitrogens with one attached hydrogen (secondary N) is 2. The van der Waals surface area contributed by atoms with Gasteiger partial charge in [0.15, 0.2) is 0 Å². The Morgan fingerprint density at radius 2 is 1.75 bits per heavy atom. The van der Waals surface area contributed by atoms with Crippen LogP contribution in [0.3, 0.4) is 0 Å². The number of nitrogens with zero attached hydrogens (tertiary/aromatic N) is 2. The van der Waals surface area contributed by atoms with Gasteiger partial charge in [-0.15, -0.1) is 0 Å². The lowest BCUT2D eigenvalue weighted by molar-refractivity contribution is -0.121. The van der Waals surface area contributed by atoms with E-state index in [-0.39, 0.29) is 11.8 Å². The van der Waals surface area contributed by atoms with Crippen LogP contribution in [0.4, 0.5) is 0 Å². The molecule has 1 aromatic carbocycles. The first-order valence-electron chi connectivity index (χ1n) is 9.67. The van der Waals surface area contributed by atoms with Crippen molar-refractivity contribution < 1.29 is 9.59 Å². The predicted octanol–water partition coefficient (Wildman–Crippen LogP) is 3.25. The van der Waals surface area contributed by atoms with Crippen LogP contribution >= 0.6 is 0 Å². The largest absolute Gasteiger partial charge is 0.352 e. The average molecular weight is 378 g/mol. The summed E-state index contributed by atoms with van der Waals surface area (Å²) in [7, 11) is 0. The third-order valence-electron chi connectivity index (χ3n) is 4.62. The number of benzene rings is 1. The maximum atomic E-state index is 12.5. The van der Waals surface area contributed by atoms with Gasteiger partial charge in [0.25, 0.3) is 5.91 Å². The van der Waals surface area contributed by atoms with Crippen LogP contribution in [0.25, 0.3) is 5.65 Å². The Kier molecular flexibility index (Phi) is 6.78. The van der Waals surface area contributed by atoms with E-state index in [1.54, 1.807) is 0 Å². The second-order valence-electron chi connectivity index (χ2n) is 6.80. The Labute approximate surface area is 165 Å². The fraction of sp³-hybridized carbons (Fsp3) is 0.318. The fourth-order valence-electron chi connectivity index (χ4n) is 3.14. The zero-order chi connectivity index (χ0) is 19.8. The van der Waals surface area contributed by atoms with Gasteiger partial charge in [0.05, 0.1) is 5.69 Å². The van der Waals surface area contributed by atoms with E-state index in [4.69, 9.17) is 0 Å². The van der Waals surface area contributed by atoms with Crippen LogP contribution in [0.15, 0.2) is 54.7 Å². The molecule has 0 fully saturated rings. The third-order valence-corrected chi connectivity index (χ3v) is 4.62. The molecule has 6 nitrogen and oxygen atoms in total. The van der Waals surface area contributed by atoms with Crippen molar-refractivity contribution >= 4 is 17.5 Å². The van der Waals surface area contributed by atoms with Crippen molar-refractivity contribution in [1.82, 2.24) is 20.0 Å². The molecule has 0 radical (unpaired) electrons. The number of imidazole rings is 1. The smallest absolute Gasteiger partial charge is 0.270 e. The lowest BCUT2D eigenvalue weighted by Gasteiger charge is -2.07. The van der Waals surface area contributed by atoms with E-state index in [1.807, 2.05) is 66.1 Å². The van der Waals surface area contributed by atoms with Crippen molar-refractivity contribution in [2.75, 3.05) is 6.54 Å². The molecule has 0 bridgehead atoms. The van der Waals surface area contributed by atoms with E-state index < -0.39 is 0 Å². The standard InChI is InChI=1S/C22H26N4O2/c1-17-21(26-15-9-7-12-19(26)25-17)22(28)23-14-8-3-6-13-20(27)24-16-18-10-4-2-5-11-18/h2,4-5,7,9-12,15H,3,6,8,13-14,16H2,1H3,(H,23,28)(H,24,27). The van der Waals surface area contributed by atoms with Gasteiger partial charge in [-0.2, -0.15) is 0 Å². The number of amides is 2. The molecule has 0 atom stereocenters. The number of pyridine rings is 1. The van der Waals surface area contributed by atoms with E-state index in [9.17, 15) is 9.59 Å². The number of hydrogen-bond donors (Lipinski definition) is 2. The number of hydrogen-bond acceptors (Lipinski definition) is 3. The molecule has 0 aliphatic rings. The molecule has 146 valence electrons. The summed E-state index contributed by atoms with van der Waals surface area (Å²) < 4.78 is 1.81. The molecule has 0 saturated carbocycles. The minimum Gasteiger partial charge on any atom is -0.352 e. The highest BCUT2D eigenvalue weighted by Crippen LogP contribution is 2.11. The Hall–Kier alpha value is -3.15. The monoisotopic (exact) mass is 378 g/mol. The molecule has 28 heavy (non-hydrogen) atoms. The molecule has 0 aliphatic carbocycles. The summed E-state index contributed by atoms with van der Waals surface area (Å²) in [6.45, 7) is 2.99. The van der Waals surface area contributed by atoms with Crippen molar-refractivity contribution in [3.05, 3.63) is 71.7 Å². The zero-order valence-electron chi connectivity index (χ0n) is 16.1. The molecule has 0 spiro atoms. The van der Waals surface area contributed by atoms with Crippen molar-refractivity contribution in [1.29, 1.82) is 0 Å². The molecule has 2 amide bonds. The molecule has 0 aliphatic heterocycles. The number of fused-ring (bicyclic) bond motifs is 1. The summed E-state index contributed by atoms with van der Waals surface area (Å²) in [5.41, 5.74) is 3.17. The molecule has 6 heteroatoms. The number of carbonyl (C=O) groups excluding carboxylic acids is 2. The van der Waals surface area contributed by atoms with Gasteiger partial charge in [0, 0.05) is 25.7 Å². The second kappa shape index (κ2) is 9.69. The van der Waals surface area contributed by atoms with E-state index in [2.05, 4.69) is 15.6 Å². The molecule has 0 saturated heterocycles. The highest BCUT2D eigenvalue weighted by atomic mass is 16.2. The molecule has 3 rings (SSSR count). The van der Waals surface area contributed by atoms with Gasteiger partial charge in [-0.1, -0.05) is 42.8 Å². The van der Waals surface area contributed by atoms with Gasteiger partial charge in [-0.3, -0.25) is 14.0 Å². The van der Waals surface area contributed by atoms with E-state index in [0.717, 1.165) is 36.2 Å². The first kappa shape index (κ1) is 19.6. The summed E-state index contributed by atoms with van der Waals surface area (Å²) in [5, 5.41) is 5.88. The fourth-order valence-corrected chi connectivity index (χ4v) is 3.14. The van der Waals surface area contributed by atoms with E-state index >= 15 is 0 Å². The van der Waals surface area contributed by atoms with Gasteiger partial charge < -0.3 is 10.6 Å². The molecule has 0 unspecified atom stereocenters. The van der Waals surface area contributed by atoms with Gasteiger partial charge in [0.1, 0.15) is 11.3 Å².